The molecule has 0 bridgehead atoms. The number of hydrogen-bond acceptors (Lipinski definition) is 10. The summed E-state index contributed by atoms with van der Waals surface area (Å²) < 4.78 is 20.3. The van der Waals surface area contributed by atoms with Gasteiger partial charge in [-0.15, -0.1) is 5.10 Å². The van der Waals surface area contributed by atoms with Gasteiger partial charge in [-0.2, -0.15) is 0 Å². The molecule has 0 radical (unpaired) electrons. The molecule has 0 aliphatic heterocycles. The number of fused-ring (bicyclic) bond motifs is 1. The first-order chi connectivity index (χ1) is 17.0. The number of ether oxygens (including phenoxy) is 1. The summed E-state index contributed by atoms with van der Waals surface area (Å²) >= 11 is 1.53. The second-order valence-electron chi connectivity index (χ2n) is 8.97. The summed E-state index contributed by atoms with van der Waals surface area (Å²) in [6.45, 7) is 1.98. The Morgan fingerprint density at radius 2 is 1.97 bits per heavy atom. The molecule has 2 heterocycles. The molecule has 0 unspecified atom stereocenters. The van der Waals surface area contributed by atoms with Crippen LogP contribution in [0.3, 0.4) is 0 Å². The number of aliphatic hydroxyl groups excluding tert-OH is 3. The zero-order chi connectivity index (χ0) is 24.5. The monoisotopic (exact) mass is 504 g/mol. The first kappa shape index (κ1) is 24.3. The lowest BCUT2D eigenvalue weighted by Gasteiger charge is -2.17. The number of benzene rings is 1. The summed E-state index contributed by atoms with van der Waals surface area (Å²) in [5.74, 6) is 1.40. The molecule has 2 aromatic heterocycles. The number of anilines is 1. The molecule has 35 heavy (non-hydrogen) atoms. The Balaban J connectivity index is 1.42. The lowest BCUT2D eigenvalue weighted by Crippen LogP contribution is -2.33. The molecule has 12 heteroatoms. The molecule has 4 N–H and O–H groups in total. The normalized spacial score (nSPS) is 28.0. The van der Waals surface area contributed by atoms with Crippen molar-refractivity contribution in [3.8, 4) is 0 Å². The Kier molecular flexibility index (Phi) is 7.17. The summed E-state index contributed by atoms with van der Waals surface area (Å²) in [6, 6.07) is 6.09. The Morgan fingerprint density at radius 3 is 2.71 bits per heavy atom. The van der Waals surface area contributed by atoms with Crippen molar-refractivity contribution in [1.82, 2.24) is 25.0 Å². The number of halogens is 1. The molecule has 0 spiro atoms. The first-order valence-corrected chi connectivity index (χ1v) is 12.8. The molecular formula is C23H29FN6O4S. The fourth-order valence-electron chi connectivity index (χ4n) is 4.58. The number of thioether (sulfide) groups is 1. The molecule has 2 saturated carbocycles. The topological polar surface area (TPSA) is 138 Å². The molecule has 0 amide bonds. The standard InChI is InChI=1S/C23H29FN6O4S/c1-2-9-35-23-26-21(25-15-10-14(15)12-3-5-13(24)6-4-12)18-22(27-23)30(29-28-18)16-11-17(34-8-7-31)20(33)19(16)32/h3-6,14-17,19-20,31-33H,2,7-11H2,1H3,(H,25,26,27)/t14-,15+,16+,17-,19-,20+/m0/s1. The van der Waals surface area contributed by atoms with Crippen LogP contribution in [-0.4, -0.2) is 83.6 Å². The maximum absolute atomic E-state index is 13.3. The van der Waals surface area contributed by atoms with Crippen molar-refractivity contribution in [2.45, 2.75) is 67.7 Å². The van der Waals surface area contributed by atoms with Gasteiger partial charge < -0.3 is 25.4 Å². The van der Waals surface area contributed by atoms with Crippen LogP contribution in [0.4, 0.5) is 10.2 Å². The number of nitrogens with one attached hydrogen (secondary N) is 1. The Bertz CT molecular complexity index is 1160. The van der Waals surface area contributed by atoms with Crippen molar-refractivity contribution < 1.29 is 24.4 Å². The minimum absolute atomic E-state index is 0.0733. The van der Waals surface area contributed by atoms with E-state index in [1.165, 1.54) is 23.9 Å². The van der Waals surface area contributed by atoms with Crippen molar-refractivity contribution in [3.05, 3.63) is 35.6 Å². The van der Waals surface area contributed by atoms with Gasteiger partial charge in [-0.1, -0.05) is 36.0 Å². The third-order valence-corrected chi connectivity index (χ3v) is 7.54. The number of rotatable bonds is 10. The van der Waals surface area contributed by atoms with Gasteiger partial charge in [-0.05, 0) is 30.5 Å². The van der Waals surface area contributed by atoms with Crippen molar-refractivity contribution in [2.24, 2.45) is 0 Å². The predicted molar refractivity (Wildman–Crippen MR) is 128 cm³/mol. The second kappa shape index (κ2) is 10.3. The summed E-state index contributed by atoms with van der Waals surface area (Å²) in [4.78, 5) is 9.36. The van der Waals surface area contributed by atoms with Crippen LogP contribution < -0.4 is 5.32 Å². The molecular weight excluding hydrogens is 475 g/mol. The van der Waals surface area contributed by atoms with E-state index in [9.17, 15) is 14.6 Å². The van der Waals surface area contributed by atoms with Crippen LogP contribution in [0.25, 0.3) is 11.2 Å². The fraction of sp³-hybridized carbons (Fsp3) is 0.565. The molecule has 3 aromatic rings. The molecule has 2 aliphatic rings. The summed E-state index contributed by atoms with van der Waals surface area (Å²) in [5, 5.41) is 42.8. The Labute approximate surface area is 205 Å². The van der Waals surface area contributed by atoms with Crippen molar-refractivity contribution in [1.29, 1.82) is 0 Å². The average molecular weight is 505 g/mol. The van der Waals surface area contributed by atoms with Crippen molar-refractivity contribution in [3.63, 3.8) is 0 Å². The van der Waals surface area contributed by atoms with Crippen LogP contribution in [0.5, 0.6) is 0 Å². The molecule has 2 aliphatic carbocycles. The lowest BCUT2D eigenvalue weighted by atomic mass is 10.1. The van der Waals surface area contributed by atoms with Gasteiger partial charge in [0.25, 0.3) is 0 Å². The van der Waals surface area contributed by atoms with Gasteiger partial charge in [0.15, 0.2) is 22.1 Å². The highest BCUT2D eigenvalue weighted by atomic mass is 32.2. The van der Waals surface area contributed by atoms with Crippen molar-refractivity contribution >= 4 is 28.7 Å². The highest BCUT2D eigenvalue weighted by Gasteiger charge is 2.45. The molecule has 6 atom stereocenters. The molecule has 0 saturated heterocycles. The number of aliphatic hydroxyl groups is 3. The quantitative estimate of drug-likeness (QED) is 0.239. The minimum atomic E-state index is -1.12. The van der Waals surface area contributed by atoms with Gasteiger partial charge in [-0.25, -0.2) is 19.0 Å². The van der Waals surface area contributed by atoms with E-state index >= 15 is 0 Å². The predicted octanol–water partition coefficient (Wildman–Crippen LogP) is 1.87. The first-order valence-electron chi connectivity index (χ1n) is 11.9. The Hall–Kier alpha value is -2.38. The van der Waals surface area contributed by atoms with E-state index in [4.69, 9.17) is 14.8 Å². The van der Waals surface area contributed by atoms with Crippen LogP contribution in [0, 0.1) is 5.82 Å². The van der Waals surface area contributed by atoms with Gasteiger partial charge in [-0.3, -0.25) is 0 Å². The maximum Gasteiger partial charge on any atom is 0.191 e. The maximum atomic E-state index is 13.3. The Morgan fingerprint density at radius 1 is 1.17 bits per heavy atom. The van der Waals surface area contributed by atoms with Crippen molar-refractivity contribution in [2.75, 3.05) is 24.3 Å². The molecule has 188 valence electrons. The van der Waals surface area contributed by atoms with E-state index in [0.717, 1.165) is 24.2 Å². The highest BCUT2D eigenvalue weighted by Crippen LogP contribution is 2.43. The van der Waals surface area contributed by atoms with E-state index < -0.39 is 24.4 Å². The number of nitrogens with zero attached hydrogens (tertiary/aromatic N) is 5. The average Bonchev–Trinajstić information content (AvgIpc) is 3.40. The van der Waals surface area contributed by atoms with Gasteiger partial charge in [0, 0.05) is 24.1 Å². The molecule has 2 fully saturated rings. The fourth-order valence-corrected chi connectivity index (χ4v) is 5.27. The van der Waals surface area contributed by atoms with Crippen LogP contribution in [0.2, 0.25) is 0 Å². The smallest absolute Gasteiger partial charge is 0.191 e. The van der Waals surface area contributed by atoms with Gasteiger partial charge in [0.05, 0.1) is 25.4 Å². The second-order valence-corrected chi connectivity index (χ2v) is 10.0. The third kappa shape index (κ3) is 4.98. The highest BCUT2D eigenvalue weighted by molar-refractivity contribution is 7.99. The van der Waals surface area contributed by atoms with E-state index in [1.807, 2.05) is 0 Å². The SMILES string of the molecule is CCCSc1nc(N[C@@H]2C[C@H]2c2ccc(F)cc2)c2nnn([C@@H]3C[C@H](OCCO)[C@@H](O)[C@H]3O)c2n1. The number of aromatic nitrogens is 5. The van der Waals surface area contributed by atoms with E-state index in [-0.39, 0.29) is 31.0 Å². The summed E-state index contributed by atoms with van der Waals surface area (Å²) in [6.07, 6.45) is -0.702. The number of hydrogen-bond donors (Lipinski definition) is 4. The lowest BCUT2D eigenvalue weighted by molar-refractivity contribution is -0.0629. The van der Waals surface area contributed by atoms with Crippen LogP contribution in [-0.2, 0) is 4.74 Å². The molecule has 5 rings (SSSR count). The molecule has 10 nitrogen and oxygen atoms in total. The zero-order valence-electron chi connectivity index (χ0n) is 19.3. The van der Waals surface area contributed by atoms with Crippen LogP contribution >= 0.6 is 11.8 Å². The largest absolute Gasteiger partial charge is 0.394 e. The minimum Gasteiger partial charge on any atom is -0.394 e. The van der Waals surface area contributed by atoms with Gasteiger partial charge in [0.2, 0.25) is 0 Å². The third-order valence-electron chi connectivity index (χ3n) is 6.49. The van der Waals surface area contributed by atoms with Crippen LogP contribution in [0.15, 0.2) is 29.4 Å². The van der Waals surface area contributed by atoms with E-state index in [2.05, 4.69) is 27.5 Å². The van der Waals surface area contributed by atoms with E-state index in [0.29, 0.717) is 28.6 Å². The molecule has 1 aromatic carbocycles. The van der Waals surface area contributed by atoms with E-state index in [1.54, 1.807) is 16.8 Å². The zero-order valence-corrected chi connectivity index (χ0v) is 20.1. The van der Waals surface area contributed by atoms with Gasteiger partial charge in [0.1, 0.15) is 18.0 Å². The summed E-state index contributed by atoms with van der Waals surface area (Å²) in [5.41, 5.74) is 2.02. The van der Waals surface area contributed by atoms with Crippen LogP contribution in [0.1, 0.15) is 43.7 Å². The van der Waals surface area contributed by atoms with Gasteiger partial charge >= 0.3 is 0 Å². The summed E-state index contributed by atoms with van der Waals surface area (Å²) in [7, 11) is 0.